The molecule has 0 aromatic rings. The van der Waals surface area contributed by atoms with E-state index in [0.29, 0.717) is 0 Å². The van der Waals surface area contributed by atoms with Gasteiger partial charge in [-0.25, -0.2) is 0 Å². The molecule has 194 valence electrons. The van der Waals surface area contributed by atoms with Crippen molar-refractivity contribution in [3.05, 3.63) is 0 Å². The minimum atomic E-state index is -2.85. The van der Waals surface area contributed by atoms with Crippen LogP contribution in [0.4, 0.5) is 0 Å². The molecule has 3 aliphatic rings. The summed E-state index contributed by atoms with van der Waals surface area (Å²) in [6.07, 6.45) is -25.3. The van der Waals surface area contributed by atoms with Crippen molar-refractivity contribution in [1.29, 1.82) is 0 Å². The van der Waals surface area contributed by atoms with Gasteiger partial charge >= 0.3 is 0 Å². The van der Waals surface area contributed by atoms with Crippen LogP contribution in [0.5, 0.6) is 0 Å². The number of hydrogen-bond acceptors (Lipinski definition) is 15. The van der Waals surface area contributed by atoms with E-state index in [4.69, 9.17) is 18.9 Å². The van der Waals surface area contributed by atoms with Gasteiger partial charge in [0.05, 0.1) is 19.3 Å². The molecule has 0 spiro atoms. The van der Waals surface area contributed by atoms with Crippen LogP contribution in [0.1, 0.15) is 6.92 Å². The molecule has 14 unspecified atom stereocenters. The summed E-state index contributed by atoms with van der Waals surface area (Å²) in [5.41, 5.74) is -2.85. The van der Waals surface area contributed by atoms with Crippen molar-refractivity contribution in [3.63, 3.8) is 0 Å². The Morgan fingerprint density at radius 1 is 0.697 bits per heavy atom. The van der Waals surface area contributed by atoms with Crippen LogP contribution in [0.3, 0.4) is 0 Å². The van der Waals surface area contributed by atoms with Gasteiger partial charge in [0.15, 0.2) is 18.2 Å². The normalized spacial score (nSPS) is 56.0. The molecule has 0 bridgehead atoms. The smallest absolute Gasteiger partial charge is 0.187 e. The zero-order valence-electron chi connectivity index (χ0n) is 17.5. The van der Waals surface area contributed by atoms with Gasteiger partial charge in [0.1, 0.15) is 67.1 Å². The van der Waals surface area contributed by atoms with Crippen LogP contribution >= 0.6 is 0 Å². The molecule has 0 aromatic heterocycles. The largest absolute Gasteiger partial charge is 0.394 e. The van der Waals surface area contributed by atoms with Gasteiger partial charge in [-0.3, -0.25) is 0 Å². The van der Waals surface area contributed by atoms with Gasteiger partial charge in [0, 0.05) is 0 Å². The summed E-state index contributed by atoms with van der Waals surface area (Å²) in [5.74, 6) is 0. The Labute approximate surface area is 187 Å². The van der Waals surface area contributed by atoms with Gasteiger partial charge in [0.25, 0.3) is 0 Å². The van der Waals surface area contributed by atoms with E-state index in [9.17, 15) is 56.2 Å². The van der Waals surface area contributed by atoms with Gasteiger partial charge in [0.2, 0.25) is 0 Å². The van der Waals surface area contributed by atoms with Gasteiger partial charge < -0.3 is 75.1 Å². The Morgan fingerprint density at radius 2 is 1.27 bits per heavy atom. The standard InChI is InChI=1S/C18H32O15/c1-4-7(21)9(23)11(25)15(30-4)18(29)13(27)16(28)31-6(3-20)14(18)33-17-12(26)10(24)8(22)5(2-19)32-17/h4-17,19-29H,2-3H2,1H3/t4?,5?,6?,7?,8?,9?,10?,11?,12?,13?,14?,15?,16?,17?,18-/m1/s1. The molecule has 0 aromatic carbocycles. The number of rotatable bonds is 5. The highest BCUT2D eigenvalue weighted by Crippen LogP contribution is 2.41. The molecular weight excluding hydrogens is 456 g/mol. The van der Waals surface area contributed by atoms with Crippen LogP contribution in [0, 0.1) is 0 Å². The molecule has 3 heterocycles. The average Bonchev–Trinajstić information content (AvgIpc) is 2.80. The van der Waals surface area contributed by atoms with E-state index < -0.39 is 105 Å². The van der Waals surface area contributed by atoms with Crippen molar-refractivity contribution in [3.8, 4) is 0 Å². The Kier molecular flexibility index (Phi) is 8.32. The third-order valence-electron chi connectivity index (χ3n) is 6.47. The Hall–Kier alpha value is -0.600. The molecule has 15 atom stereocenters. The summed E-state index contributed by atoms with van der Waals surface area (Å²) < 4.78 is 21.3. The predicted molar refractivity (Wildman–Crippen MR) is 99.9 cm³/mol. The van der Waals surface area contributed by atoms with E-state index in [-0.39, 0.29) is 0 Å². The zero-order valence-corrected chi connectivity index (χ0v) is 17.5. The quantitative estimate of drug-likeness (QED) is 0.172. The monoisotopic (exact) mass is 488 g/mol. The van der Waals surface area contributed by atoms with Gasteiger partial charge in [-0.15, -0.1) is 0 Å². The maximum absolute atomic E-state index is 11.5. The fourth-order valence-electron chi connectivity index (χ4n) is 4.44. The summed E-state index contributed by atoms with van der Waals surface area (Å²) in [6, 6.07) is 0. The summed E-state index contributed by atoms with van der Waals surface area (Å²) in [7, 11) is 0. The lowest BCUT2D eigenvalue weighted by Gasteiger charge is -2.55. The van der Waals surface area contributed by atoms with Crippen LogP contribution in [0.25, 0.3) is 0 Å². The Morgan fingerprint density at radius 3 is 1.85 bits per heavy atom. The maximum atomic E-state index is 11.5. The average molecular weight is 488 g/mol. The summed E-state index contributed by atoms with van der Waals surface area (Å²) in [6.45, 7) is -0.431. The maximum Gasteiger partial charge on any atom is 0.187 e. The van der Waals surface area contributed by atoms with Gasteiger partial charge in [-0.05, 0) is 6.92 Å². The fraction of sp³-hybridized carbons (Fsp3) is 1.00. The predicted octanol–water partition coefficient (Wildman–Crippen LogP) is -7.16. The number of aliphatic hydroxyl groups excluding tert-OH is 10. The van der Waals surface area contributed by atoms with Gasteiger partial charge in [-0.2, -0.15) is 0 Å². The van der Waals surface area contributed by atoms with E-state index >= 15 is 0 Å². The lowest BCUT2D eigenvalue weighted by Crippen LogP contribution is -2.78. The van der Waals surface area contributed by atoms with E-state index in [1.54, 1.807) is 0 Å². The fourth-order valence-corrected chi connectivity index (χ4v) is 4.44. The van der Waals surface area contributed by atoms with E-state index in [1.807, 2.05) is 0 Å². The molecule has 3 saturated heterocycles. The zero-order chi connectivity index (χ0) is 24.8. The third-order valence-corrected chi connectivity index (χ3v) is 6.47. The first-order valence-electron chi connectivity index (χ1n) is 10.4. The molecule has 15 heteroatoms. The number of aliphatic hydroxyl groups is 11. The topological polar surface area (TPSA) is 259 Å². The van der Waals surface area contributed by atoms with Crippen molar-refractivity contribution in [2.45, 2.75) is 98.4 Å². The second-order valence-corrected chi connectivity index (χ2v) is 8.57. The van der Waals surface area contributed by atoms with Crippen molar-refractivity contribution >= 4 is 0 Å². The van der Waals surface area contributed by atoms with Crippen LogP contribution in [0.2, 0.25) is 0 Å². The first-order chi connectivity index (χ1) is 15.4. The van der Waals surface area contributed by atoms with Gasteiger partial charge in [-0.1, -0.05) is 0 Å². The van der Waals surface area contributed by atoms with Crippen LogP contribution in [0.15, 0.2) is 0 Å². The summed E-state index contributed by atoms with van der Waals surface area (Å²) in [4.78, 5) is 0. The molecule has 11 N–H and O–H groups in total. The summed E-state index contributed by atoms with van der Waals surface area (Å²) in [5, 5.41) is 112. The highest BCUT2D eigenvalue weighted by Gasteiger charge is 2.65. The molecule has 0 aliphatic carbocycles. The number of ether oxygens (including phenoxy) is 4. The first kappa shape index (κ1) is 27.0. The lowest BCUT2D eigenvalue weighted by atomic mass is 9.74. The van der Waals surface area contributed by atoms with Crippen molar-refractivity contribution in [2.24, 2.45) is 0 Å². The Bertz CT molecular complexity index is 652. The second kappa shape index (κ2) is 10.2. The van der Waals surface area contributed by atoms with Crippen molar-refractivity contribution < 1.29 is 75.1 Å². The van der Waals surface area contributed by atoms with E-state index in [2.05, 4.69) is 0 Å². The molecule has 3 fully saturated rings. The third kappa shape index (κ3) is 4.53. The first-order valence-corrected chi connectivity index (χ1v) is 10.4. The molecule has 15 nitrogen and oxygen atoms in total. The molecule has 3 rings (SSSR count). The van der Waals surface area contributed by atoms with Crippen molar-refractivity contribution in [2.75, 3.05) is 13.2 Å². The molecule has 33 heavy (non-hydrogen) atoms. The SMILES string of the molecule is CC1OC([C@@]2(O)C(O)C(O)OC(CO)C2OC2OC(CO)C(O)C(O)C2O)C(O)C(O)C1O. The molecule has 0 radical (unpaired) electrons. The summed E-state index contributed by atoms with van der Waals surface area (Å²) >= 11 is 0. The molecule has 3 aliphatic heterocycles. The second-order valence-electron chi connectivity index (χ2n) is 8.57. The lowest BCUT2D eigenvalue weighted by molar-refractivity contribution is -0.400. The molecule has 0 amide bonds. The molecule has 0 saturated carbocycles. The molecular formula is C18H32O15. The minimum absolute atomic E-state index is 0.799. The van der Waals surface area contributed by atoms with Crippen LogP contribution in [-0.2, 0) is 18.9 Å². The highest BCUT2D eigenvalue weighted by molar-refractivity contribution is 5.12. The highest BCUT2D eigenvalue weighted by atomic mass is 16.7. The van der Waals surface area contributed by atoms with Crippen molar-refractivity contribution in [1.82, 2.24) is 0 Å². The Balaban J connectivity index is 1.98. The van der Waals surface area contributed by atoms with E-state index in [0.717, 1.165) is 0 Å². The van der Waals surface area contributed by atoms with Crippen LogP contribution < -0.4 is 0 Å². The van der Waals surface area contributed by atoms with Crippen LogP contribution in [-0.4, -0.2) is 161 Å². The minimum Gasteiger partial charge on any atom is -0.394 e. The van der Waals surface area contributed by atoms with E-state index in [1.165, 1.54) is 6.92 Å². The number of hydrogen-bond donors (Lipinski definition) is 11.